The van der Waals surface area contributed by atoms with Crippen LogP contribution in [0.4, 0.5) is 0 Å². The first-order chi connectivity index (χ1) is 10.5. The van der Waals surface area contributed by atoms with E-state index in [9.17, 15) is 14.7 Å². The second kappa shape index (κ2) is 5.84. The third-order valence-electron chi connectivity index (χ3n) is 6.07. The van der Waals surface area contributed by atoms with Gasteiger partial charge in [0.25, 0.3) is 0 Å². The van der Waals surface area contributed by atoms with Gasteiger partial charge in [0.15, 0.2) is 0 Å². The highest BCUT2D eigenvalue weighted by atomic mass is 16.3. The number of likely N-dealkylation sites (tertiary alicyclic amines) is 2. The van der Waals surface area contributed by atoms with Gasteiger partial charge < -0.3 is 14.9 Å². The average Bonchev–Trinajstić information content (AvgIpc) is 2.49. The largest absolute Gasteiger partial charge is 0.389 e. The van der Waals surface area contributed by atoms with Crippen LogP contribution in [-0.4, -0.2) is 58.5 Å². The maximum Gasteiger partial charge on any atom is 0.225 e. The summed E-state index contributed by atoms with van der Waals surface area (Å²) in [5.41, 5.74) is -0.503. The number of carbonyl (C=O) groups excluding carboxylic acids is 2. The van der Waals surface area contributed by atoms with Gasteiger partial charge in [-0.3, -0.25) is 9.59 Å². The Morgan fingerprint density at radius 2 is 1.86 bits per heavy atom. The highest BCUT2D eigenvalue weighted by Crippen LogP contribution is 2.41. The van der Waals surface area contributed by atoms with Crippen molar-refractivity contribution in [3.05, 3.63) is 0 Å². The first-order valence-corrected chi connectivity index (χ1v) is 8.73. The van der Waals surface area contributed by atoms with Crippen molar-refractivity contribution in [2.45, 2.75) is 63.9 Å². The predicted molar refractivity (Wildman–Crippen MR) is 83.2 cm³/mol. The minimum absolute atomic E-state index is 0.108. The average molecular weight is 308 g/mol. The van der Waals surface area contributed by atoms with Crippen molar-refractivity contribution >= 4 is 11.8 Å². The molecule has 2 saturated heterocycles. The Bertz CT molecular complexity index is 451. The van der Waals surface area contributed by atoms with Crippen molar-refractivity contribution in [3.63, 3.8) is 0 Å². The lowest BCUT2D eigenvalue weighted by Crippen LogP contribution is -2.53. The van der Waals surface area contributed by atoms with Gasteiger partial charge >= 0.3 is 0 Å². The summed E-state index contributed by atoms with van der Waals surface area (Å²) in [6.45, 7) is 5.24. The van der Waals surface area contributed by atoms with Crippen LogP contribution in [0.2, 0.25) is 0 Å². The fraction of sp³-hybridized carbons (Fsp3) is 0.882. The third-order valence-corrected chi connectivity index (χ3v) is 6.07. The Hall–Kier alpha value is -1.10. The summed E-state index contributed by atoms with van der Waals surface area (Å²) < 4.78 is 0. The Morgan fingerprint density at radius 1 is 1.18 bits per heavy atom. The zero-order chi connectivity index (χ0) is 15.8. The normalized spacial score (nSPS) is 26.9. The molecule has 3 rings (SSSR count). The van der Waals surface area contributed by atoms with Gasteiger partial charge in [-0.1, -0.05) is 0 Å². The van der Waals surface area contributed by atoms with Gasteiger partial charge in [0.1, 0.15) is 0 Å². The zero-order valence-corrected chi connectivity index (χ0v) is 13.6. The fourth-order valence-electron chi connectivity index (χ4n) is 4.18. The topological polar surface area (TPSA) is 60.9 Å². The fourth-order valence-corrected chi connectivity index (χ4v) is 4.18. The molecule has 5 nitrogen and oxygen atoms in total. The lowest BCUT2D eigenvalue weighted by molar-refractivity contribution is -0.146. The molecule has 3 aliphatic rings. The summed E-state index contributed by atoms with van der Waals surface area (Å²) in [5.74, 6) is 0.384. The molecule has 1 N–H and O–H groups in total. The van der Waals surface area contributed by atoms with Gasteiger partial charge in [-0.25, -0.2) is 0 Å². The molecule has 1 spiro atoms. The molecule has 0 atom stereocenters. The van der Waals surface area contributed by atoms with E-state index in [4.69, 9.17) is 0 Å². The lowest BCUT2D eigenvalue weighted by atomic mass is 9.72. The van der Waals surface area contributed by atoms with Crippen LogP contribution in [0, 0.1) is 5.41 Å². The molecular weight excluding hydrogens is 280 g/mol. The second-order valence-electron chi connectivity index (χ2n) is 7.54. The minimum Gasteiger partial charge on any atom is -0.389 e. The maximum atomic E-state index is 12.4. The van der Waals surface area contributed by atoms with Gasteiger partial charge in [-0.15, -0.1) is 0 Å². The molecule has 0 radical (unpaired) electrons. The molecule has 2 aliphatic heterocycles. The van der Waals surface area contributed by atoms with Crippen LogP contribution in [0.15, 0.2) is 0 Å². The van der Waals surface area contributed by atoms with E-state index >= 15 is 0 Å². The molecule has 1 aliphatic carbocycles. The number of rotatable bonds is 3. The molecule has 22 heavy (non-hydrogen) atoms. The summed E-state index contributed by atoms with van der Waals surface area (Å²) in [7, 11) is 0. The SMILES string of the molecule is CCN1CC2(CCC1=O)CCN(C(=O)CC1(O)CCC1)CC2. The van der Waals surface area contributed by atoms with Crippen LogP contribution in [0.1, 0.15) is 58.3 Å². The minimum atomic E-state index is -0.720. The molecule has 124 valence electrons. The van der Waals surface area contributed by atoms with Crippen molar-refractivity contribution < 1.29 is 14.7 Å². The molecule has 5 heteroatoms. The number of nitrogens with zero attached hydrogens (tertiary/aromatic N) is 2. The lowest BCUT2D eigenvalue weighted by Gasteiger charge is -2.48. The van der Waals surface area contributed by atoms with Crippen LogP contribution < -0.4 is 0 Å². The second-order valence-corrected chi connectivity index (χ2v) is 7.54. The number of piperidine rings is 2. The maximum absolute atomic E-state index is 12.4. The first-order valence-electron chi connectivity index (χ1n) is 8.73. The summed E-state index contributed by atoms with van der Waals surface area (Å²) in [6, 6.07) is 0. The quantitative estimate of drug-likeness (QED) is 0.860. The molecule has 0 aromatic rings. The Labute approximate surface area is 132 Å². The molecule has 0 aromatic carbocycles. The number of amides is 2. The summed E-state index contributed by atoms with van der Waals surface area (Å²) >= 11 is 0. The van der Waals surface area contributed by atoms with Crippen molar-refractivity contribution in [3.8, 4) is 0 Å². The monoisotopic (exact) mass is 308 g/mol. The van der Waals surface area contributed by atoms with Crippen LogP contribution >= 0.6 is 0 Å². The van der Waals surface area contributed by atoms with E-state index in [0.717, 1.165) is 64.7 Å². The van der Waals surface area contributed by atoms with Gasteiger partial charge in [-0.2, -0.15) is 0 Å². The third kappa shape index (κ3) is 3.00. The van der Waals surface area contributed by atoms with E-state index in [-0.39, 0.29) is 17.2 Å². The number of hydrogen-bond donors (Lipinski definition) is 1. The van der Waals surface area contributed by atoms with Gasteiger partial charge in [0.05, 0.1) is 12.0 Å². The van der Waals surface area contributed by atoms with E-state index in [1.54, 1.807) is 0 Å². The number of hydrogen-bond acceptors (Lipinski definition) is 3. The summed E-state index contributed by atoms with van der Waals surface area (Å²) in [6.07, 6.45) is 6.46. The van der Waals surface area contributed by atoms with Gasteiger partial charge in [0.2, 0.25) is 11.8 Å². The van der Waals surface area contributed by atoms with Gasteiger partial charge in [0, 0.05) is 32.6 Å². The van der Waals surface area contributed by atoms with Crippen molar-refractivity contribution in [2.24, 2.45) is 5.41 Å². The van der Waals surface area contributed by atoms with Crippen molar-refractivity contribution in [2.75, 3.05) is 26.2 Å². The molecule has 2 amide bonds. The van der Waals surface area contributed by atoms with Crippen LogP contribution in [0.3, 0.4) is 0 Å². The highest BCUT2D eigenvalue weighted by molar-refractivity contribution is 5.78. The smallest absolute Gasteiger partial charge is 0.225 e. The molecular formula is C17H28N2O3. The molecule has 0 bridgehead atoms. The predicted octanol–water partition coefficient (Wildman–Crippen LogP) is 1.54. The van der Waals surface area contributed by atoms with E-state index in [1.165, 1.54) is 0 Å². The number of carbonyl (C=O) groups is 2. The molecule has 3 fully saturated rings. The van der Waals surface area contributed by atoms with E-state index < -0.39 is 5.60 Å². The van der Waals surface area contributed by atoms with Crippen molar-refractivity contribution in [1.29, 1.82) is 0 Å². The Kier molecular flexibility index (Phi) is 4.19. The zero-order valence-electron chi connectivity index (χ0n) is 13.6. The first kappa shape index (κ1) is 15.8. The Morgan fingerprint density at radius 3 is 2.41 bits per heavy atom. The van der Waals surface area contributed by atoms with Crippen LogP contribution in [0.25, 0.3) is 0 Å². The highest BCUT2D eigenvalue weighted by Gasteiger charge is 2.43. The van der Waals surface area contributed by atoms with E-state index in [2.05, 4.69) is 0 Å². The molecule has 0 unspecified atom stereocenters. The van der Waals surface area contributed by atoms with Crippen LogP contribution in [0.5, 0.6) is 0 Å². The van der Waals surface area contributed by atoms with E-state index in [1.807, 2.05) is 16.7 Å². The van der Waals surface area contributed by atoms with Gasteiger partial charge in [-0.05, 0) is 50.9 Å². The Balaban J connectivity index is 1.53. The van der Waals surface area contributed by atoms with Crippen molar-refractivity contribution in [1.82, 2.24) is 9.80 Å². The molecule has 0 aromatic heterocycles. The van der Waals surface area contributed by atoms with E-state index in [0.29, 0.717) is 12.8 Å². The van der Waals surface area contributed by atoms with Crippen LogP contribution in [-0.2, 0) is 9.59 Å². The number of aliphatic hydroxyl groups is 1. The summed E-state index contributed by atoms with van der Waals surface area (Å²) in [4.78, 5) is 28.1. The molecule has 2 heterocycles. The summed E-state index contributed by atoms with van der Waals surface area (Å²) in [5, 5.41) is 10.2. The molecule has 1 saturated carbocycles. The standard InChI is InChI=1S/C17H28N2O3/c1-2-18-13-16(7-4-14(18)20)8-10-19(11-9-16)15(21)12-17(22)5-3-6-17/h22H,2-13H2,1H3.